The van der Waals surface area contributed by atoms with Crippen LogP contribution in [-0.4, -0.2) is 87.8 Å². The summed E-state index contributed by atoms with van der Waals surface area (Å²) < 4.78 is 0. The quantitative estimate of drug-likeness (QED) is 0.733. The van der Waals surface area contributed by atoms with Crippen molar-refractivity contribution in [2.75, 3.05) is 26.7 Å². The summed E-state index contributed by atoms with van der Waals surface area (Å²) in [6.45, 7) is 1.90. The maximum absolute atomic E-state index is 13.3. The van der Waals surface area contributed by atoms with Crippen molar-refractivity contribution in [1.29, 1.82) is 0 Å². The highest BCUT2D eigenvalue weighted by atomic mass is 16.4. The van der Waals surface area contributed by atoms with Crippen LogP contribution in [0.3, 0.4) is 0 Å². The second-order valence-corrected chi connectivity index (χ2v) is 8.63. The van der Waals surface area contributed by atoms with Crippen molar-refractivity contribution in [2.45, 2.75) is 56.9 Å². The van der Waals surface area contributed by atoms with Gasteiger partial charge in [-0.05, 0) is 18.4 Å². The van der Waals surface area contributed by atoms with Gasteiger partial charge in [0.1, 0.15) is 12.2 Å². The minimum atomic E-state index is -0.996. The van der Waals surface area contributed by atoms with Gasteiger partial charge in [0.25, 0.3) is 0 Å². The molecule has 0 unspecified atom stereocenters. The number of likely N-dealkylation sites (N-methyl/N-ethyl adjacent to an activating group) is 1. The zero-order valence-electron chi connectivity index (χ0n) is 17.9. The fraction of sp³-hybridized carbons (Fsp3) is 0.591. The van der Waals surface area contributed by atoms with Gasteiger partial charge in [0, 0.05) is 32.7 Å². The Balaban J connectivity index is 1.56. The third kappa shape index (κ3) is 4.52. The number of piperazine rings is 1. The molecule has 2 aliphatic heterocycles. The molecule has 3 amide bonds. The number of hydrogen-bond acceptors (Lipinski definition) is 5. The Bertz CT molecular complexity index is 813. The number of urea groups is 1. The Kier molecular flexibility index (Phi) is 6.43. The predicted molar refractivity (Wildman–Crippen MR) is 114 cm³/mol. The number of hydrogen-bond donors (Lipinski definition) is 2. The van der Waals surface area contributed by atoms with Crippen LogP contribution in [-0.2, 0) is 16.1 Å². The first-order chi connectivity index (χ1) is 15.0. The van der Waals surface area contributed by atoms with Gasteiger partial charge in [0.2, 0.25) is 5.91 Å². The average Bonchev–Trinajstić information content (AvgIpc) is 3.29. The van der Waals surface area contributed by atoms with E-state index in [9.17, 15) is 19.5 Å². The summed E-state index contributed by atoms with van der Waals surface area (Å²) in [6, 6.07) is 8.85. The van der Waals surface area contributed by atoms with Crippen LogP contribution >= 0.6 is 0 Å². The maximum atomic E-state index is 13.3. The predicted octanol–water partition coefficient (Wildman–Crippen LogP) is 1.31. The van der Waals surface area contributed by atoms with Gasteiger partial charge in [-0.25, -0.2) is 14.8 Å². The van der Waals surface area contributed by atoms with E-state index >= 15 is 0 Å². The van der Waals surface area contributed by atoms with Gasteiger partial charge in [-0.15, -0.1) is 0 Å². The molecular weight excluding hydrogens is 398 g/mol. The van der Waals surface area contributed by atoms with Crippen LogP contribution in [0.5, 0.6) is 0 Å². The van der Waals surface area contributed by atoms with Crippen LogP contribution in [0.1, 0.15) is 37.7 Å². The molecule has 4 rings (SSSR count). The second-order valence-electron chi connectivity index (χ2n) is 8.63. The van der Waals surface area contributed by atoms with Crippen LogP contribution < -0.4 is 5.32 Å². The van der Waals surface area contributed by atoms with Crippen molar-refractivity contribution in [1.82, 2.24) is 25.1 Å². The highest BCUT2D eigenvalue weighted by molar-refractivity contribution is 5.87. The van der Waals surface area contributed by atoms with E-state index in [1.165, 1.54) is 0 Å². The van der Waals surface area contributed by atoms with E-state index < -0.39 is 12.0 Å². The molecule has 0 aromatic heterocycles. The molecule has 2 saturated heterocycles. The molecule has 9 nitrogen and oxygen atoms in total. The van der Waals surface area contributed by atoms with Crippen LogP contribution in [0.25, 0.3) is 0 Å². The molecule has 0 radical (unpaired) electrons. The van der Waals surface area contributed by atoms with Crippen molar-refractivity contribution >= 4 is 17.9 Å². The third-order valence-corrected chi connectivity index (χ3v) is 6.67. The monoisotopic (exact) mass is 429 g/mol. The molecule has 0 spiro atoms. The van der Waals surface area contributed by atoms with E-state index in [1.807, 2.05) is 52.2 Å². The Labute approximate surface area is 182 Å². The molecule has 3 fully saturated rings. The zero-order chi connectivity index (χ0) is 22.0. The lowest BCUT2D eigenvalue weighted by Crippen LogP contribution is -2.75. The minimum Gasteiger partial charge on any atom is -0.481 e. The minimum absolute atomic E-state index is 0.111. The normalized spacial score (nSPS) is 25.5. The first kappa shape index (κ1) is 21.6. The summed E-state index contributed by atoms with van der Waals surface area (Å²) in [7, 11) is 1.86. The molecule has 2 heterocycles. The Morgan fingerprint density at radius 3 is 2.52 bits per heavy atom. The van der Waals surface area contributed by atoms with E-state index in [0.29, 0.717) is 26.2 Å². The summed E-state index contributed by atoms with van der Waals surface area (Å²) in [5.74, 6) is -1.11. The van der Waals surface area contributed by atoms with Crippen LogP contribution in [0.2, 0.25) is 0 Å². The standard InChI is InChI=1S/C22H31N5O4/c1-24-11-12-25-18(13-20(28)29)21(30)26(17-9-5-6-10-17)15-19(25)27(24)22(31)23-14-16-7-3-2-4-8-16/h2-4,7-8,17-19H,5-6,9-15H2,1H3,(H,23,31)(H,28,29)/t18-,19-/m0/s1. The molecule has 2 N–H and O–H groups in total. The van der Waals surface area contributed by atoms with Crippen molar-refractivity contribution in [3.05, 3.63) is 35.9 Å². The summed E-state index contributed by atoms with van der Waals surface area (Å²) in [5.41, 5.74) is 1.00. The number of carbonyl (C=O) groups excluding carboxylic acids is 2. The Morgan fingerprint density at radius 1 is 1.13 bits per heavy atom. The number of carbonyl (C=O) groups is 3. The van der Waals surface area contributed by atoms with Gasteiger partial charge >= 0.3 is 12.0 Å². The number of carboxylic acids is 1. The number of aliphatic carboxylic acids is 1. The number of benzene rings is 1. The number of hydrazine groups is 1. The highest BCUT2D eigenvalue weighted by Crippen LogP contribution is 2.32. The molecule has 9 heteroatoms. The molecule has 2 atom stereocenters. The lowest BCUT2D eigenvalue weighted by Gasteiger charge is -2.55. The van der Waals surface area contributed by atoms with Crippen molar-refractivity contribution in [2.24, 2.45) is 0 Å². The number of rotatable bonds is 5. The Hall–Kier alpha value is -2.65. The lowest BCUT2D eigenvalue weighted by atomic mass is 10.0. The first-order valence-electron chi connectivity index (χ1n) is 11.1. The maximum Gasteiger partial charge on any atom is 0.333 e. The van der Waals surface area contributed by atoms with Crippen LogP contribution in [0, 0.1) is 0 Å². The number of nitrogens with one attached hydrogen (secondary N) is 1. The summed E-state index contributed by atoms with van der Waals surface area (Å²) in [4.78, 5) is 41.8. The molecule has 168 valence electrons. The smallest absolute Gasteiger partial charge is 0.333 e. The number of amides is 3. The van der Waals surface area contributed by atoms with Gasteiger partial charge in [0.15, 0.2) is 0 Å². The van der Waals surface area contributed by atoms with Gasteiger partial charge in [0.05, 0.1) is 13.0 Å². The number of fused-ring (bicyclic) bond motifs is 1. The van der Waals surface area contributed by atoms with E-state index in [2.05, 4.69) is 5.32 Å². The third-order valence-electron chi connectivity index (χ3n) is 6.67. The lowest BCUT2D eigenvalue weighted by molar-refractivity contribution is -0.180. The largest absolute Gasteiger partial charge is 0.481 e. The molecule has 1 aromatic carbocycles. The second kappa shape index (κ2) is 9.23. The summed E-state index contributed by atoms with van der Waals surface area (Å²) in [6.07, 6.45) is 3.41. The molecule has 3 aliphatic rings. The average molecular weight is 430 g/mol. The van der Waals surface area contributed by atoms with E-state index in [1.54, 1.807) is 5.01 Å². The molecule has 1 saturated carbocycles. The molecule has 31 heavy (non-hydrogen) atoms. The molecular formula is C22H31N5O4. The SMILES string of the molecule is CN1CCN2[C@@H](CC(=O)O)C(=O)N(C3CCCC3)C[C@@H]2N1C(=O)NCc1ccccc1. The van der Waals surface area contributed by atoms with E-state index in [-0.39, 0.29) is 30.6 Å². The zero-order valence-corrected chi connectivity index (χ0v) is 17.9. The van der Waals surface area contributed by atoms with E-state index in [4.69, 9.17) is 0 Å². The van der Waals surface area contributed by atoms with Crippen molar-refractivity contribution in [3.63, 3.8) is 0 Å². The fourth-order valence-electron chi connectivity index (χ4n) is 5.09. The topological polar surface area (TPSA) is 96.4 Å². The van der Waals surface area contributed by atoms with Gasteiger partial charge in [-0.2, -0.15) is 0 Å². The fourth-order valence-corrected chi connectivity index (χ4v) is 5.09. The van der Waals surface area contributed by atoms with Gasteiger partial charge in [-0.3, -0.25) is 14.5 Å². The van der Waals surface area contributed by atoms with Crippen molar-refractivity contribution < 1.29 is 19.5 Å². The summed E-state index contributed by atoms with van der Waals surface area (Å²) >= 11 is 0. The number of carboxylic acid groups (broad SMARTS) is 1. The van der Waals surface area contributed by atoms with Crippen molar-refractivity contribution in [3.8, 4) is 0 Å². The first-order valence-corrected chi connectivity index (χ1v) is 11.1. The highest BCUT2D eigenvalue weighted by Gasteiger charge is 2.49. The Morgan fingerprint density at radius 2 is 1.84 bits per heavy atom. The van der Waals surface area contributed by atoms with E-state index in [0.717, 1.165) is 31.2 Å². The van der Waals surface area contributed by atoms with Crippen LogP contribution in [0.4, 0.5) is 4.79 Å². The molecule has 1 aliphatic carbocycles. The molecule has 1 aromatic rings. The van der Waals surface area contributed by atoms with Gasteiger partial charge in [-0.1, -0.05) is 43.2 Å². The molecule has 0 bridgehead atoms. The summed E-state index contributed by atoms with van der Waals surface area (Å²) in [5, 5.41) is 16.0. The van der Waals surface area contributed by atoms with Gasteiger partial charge < -0.3 is 15.3 Å². The number of nitrogens with zero attached hydrogens (tertiary/aromatic N) is 4. The van der Waals surface area contributed by atoms with Crippen LogP contribution in [0.15, 0.2) is 30.3 Å².